The highest BCUT2D eigenvalue weighted by Crippen LogP contribution is 2.10. The minimum absolute atomic E-state index is 0.143. The number of hydrogen-bond acceptors (Lipinski definition) is 1. The summed E-state index contributed by atoms with van der Waals surface area (Å²) in [6.07, 6.45) is 3.39. The summed E-state index contributed by atoms with van der Waals surface area (Å²) in [7, 11) is 0. The summed E-state index contributed by atoms with van der Waals surface area (Å²) in [5, 5.41) is 2.84. The Hall–Kier alpha value is -2.03. The Bertz CT molecular complexity index is 402. The number of aryl methyl sites for hydroxylation is 1. The minimum Gasteiger partial charge on any atom is -0.317 e. The van der Waals surface area contributed by atoms with E-state index >= 15 is 0 Å². The first-order valence-corrected chi connectivity index (χ1v) is 5.51. The molecule has 0 saturated carbocycles. The zero-order valence-electron chi connectivity index (χ0n) is 10.1. The fourth-order valence-corrected chi connectivity index (χ4v) is 1.48. The van der Waals surface area contributed by atoms with Crippen molar-refractivity contribution in [3.8, 4) is 0 Å². The molecule has 0 aliphatic carbocycles. The van der Waals surface area contributed by atoms with Gasteiger partial charge in [0.05, 0.1) is 0 Å². The maximum Gasteiger partial charge on any atom is 0.322 e. The van der Waals surface area contributed by atoms with Gasteiger partial charge in [-0.1, -0.05) is 24.3 Å². The molecule has 1 aromatic rings. The van der Waals surface area contributed by atoms with E-state index in [9.17, 15) is 4.79 Å². The smallest absolute Gasteiger partial charge is 0.317 e. The molecule has 1 N–H and O–H groups in total. The quantitative estimate of drug-likeness (QED) is 0.774. The maximum atomic E-state index is 11.9. The molecule has 0 aromatic heterocycles. The number of rotatable bonds is 5. The van der Waals surface area contributed by atoms with Crippen molar-refractivity contribution in [2.24, 2.45) is 0 Å². The monoisotopic (exact) mass is 230 g/mol. The van der Waals surface area contributed by atoms with Crippen LogP contribution in [0, 0.1) is 6.92 Å². The molecule has 0 spiro atoms. The first-order valence-electron chi connectivity index (χ1n) is 5.51. The highest BCUT2D eigenvalue weighted by Gasteiger charge is 2.10. The third kappa shape index (κ3) is 4.15. The Balaban J connectivity index is 2.68. The Labute approximate surface area is 102 Å². The number of benzene rings is 1. The lowest BCUT2D eigenvalue weighted by molar-refractivity contribution is 0.222. The Morgan fingerprint density at radius 2 is 2.00 bits per heavy atom. The van der Waals surface area contributed by atoms with E-state index in [-0.39, 0.29) is 6.03 Å². The van der Waals surface area contributed by atoms with Crippen LogP contribution >= 0.6 is 0 Å². The van der Waals surface area contributed by atoms with Crippen molar-refractivity contribution in [2.45, 2.75) is 6.92 Å². The van der Waals surface area contributed by atoms with E-state index in [4.69, 9.17) is 0 Å². The molecule has 0 bridgehead atoms. The molecule has 17 heavy (non-hydrogen) atoms. The van der Waals surface area contributed by atoms with E-state index in [1.807, 2.05) is 31.2 Å². The number of anilines is 1. The van der Waals surface area contributed by atoms with Gasteiger partial charge in [0.15, 0.2) is 0 Å². The van der Waals surface area contributed by atoms with Gasteiger partial charge in [-0.05, 0) is 24.6 Å². The zero-order valence-corrected chi connectivity index (χ0v) is 10.1. The van der Waals surface area contributed by atoms with Gasteiger partial charge in [0.1, 0.15) is 0 Å². The van der Waals surface area contributed by atoms with Crippen LogP contribution in [0.1, 0.15) is 5.56 Å². The van der Waals surface area contributed by atoms with Crippen LogP contribution in [0.5, 0.6) is 0 Å². The van der Waals surface area contributed by atoms with E-state index in [0.717, 1.165) is 11.3 Å². The summed E-state index contributed by atoms with van der Waals surface area (Å²) in [6, 6.07) is 7.55. The number of hydrogen-bond donors (Lipinski definition) is 1. The van der Waals surface area contributed by atoms with E-state index < -0.39 is 0 Å². The molecule has 3 nitrogen and oxygen atoms in total. The molecule has 0 unspecified atom stereocenters. The number of amides is 2. The van der Waals surface area contributed by atoms with Gasteiger partial charge in [-0.3, -0.25) is 0 Å². The fourth-order valence-electron chi connectivity index (χ4n) is 1.48. The summed E-state index contributed by atoms with van der Waals surface area (Å²) in [5.41, 5.74) is 1.91. The molecule has 3 heteroatoms. The summed E-state index contributed by atoms with van der Waals surface area (Å²) in [5.74, 6) is 0. The zero-order chi connectivity index (χ0) is 12.7. The molecule has 0 saturated heterocycles. The number of nitrogens with zero attached hydrogens (tertiary/aromatic N) is 1. The molecule has 0 heterocycles. The first kappa shape index (κ1) is 13.0. The van der Waals surface area contributed by atoms with Gasteiger partial charge in [0, 0.05) is 18.8 Å². The van der Waals surface area contributed by atoms with Gasteiger partial charge < -0.3 is 10.2 Å². The predicted molar refractivity (Wildman–Crippen MR) is 72.2 cm³/mol. The lowest BCUT2D eigenvalue weighted by Crippen LogP contribution is -2.35. The minimum atomic E-state index is -0.143. The highest BCUT2D eigenvalue weighted by atomic mass is 16.2. The van der Waals surface area contributed by atoms with Crippen LogP contribution in [0.2, 0.25) is 0 Å². The Kier molecular flexibility index (Phi) is 5.01. The maximum absolute atomic E-state index is 11.9. The lowest BCUT2D eigenvalue weighted by atomic mass is 10.2. The fraction of sp³-hybridized carbons (Fsp3) is 0.214. The van der Waals surface area contributed by atoms with Crippen LogP contribution in [0.3, 0.4) is 0 Å². The average molecular weight is 230 g/mol. The van der Waals surface area contributed by atoms with Crippen molar-refractivity contribution < 1.29 is 4.79 Å². The van der Waals surface area contributed by atoms with Gasteiger partial charge >= 0.3 is 6.03 Å². The molecule has 0 radical (unpaired) electrons. The number of urea groups is 1. The molecule has 0 aliphatic heterocycles. The topological polar surface area (TPSA) is 32.3 Å². The molecule has 0 aliphatic rings. The van der Waals surface area contributed by atoms with Crippen molar-refractivity contribution in [3.05, 3.63) is 55.1 Å². The third-order valence-electron chi connectivity index (χ3n) is 2.26. The van der Waals surface area contributed by atoms with Gasteiger partial charge in [0.2, 0.25) is 0 Å². The number of carbonyl (C=O) groups is 1. The van der Waals surface area contributed by atoms with Crippen LogP contribution in [0.25, 0.3) is 0 Å². The van der Waals surface area contributed by atoms with Crippen molar-refractivity contribution in [2.75, 3.05) is 18.4 Å². The first-order chi connectivity index (χ1) is 8.17. The number of carbonyl (C=O) groups excluding carboxylic acids is 1. The van der Waals surface area contributed by atoms with Crippen molar-refractivity contribution in [3.63, 3.8) is 0 Å². The highest BCUT2D eigenvalue weighted by molar-refractivity contribution is 5.89. The van der Waals surface area contributed by atoms with Crippen LogP contribution < -0.4 is 5.32 Å². The summed E-state index contributed by atoms with van der Waals surface area (Å²) < 4.78 is 0. The van der Waals surface area contributed by atoms with Crippen LogP contribution in [0.15, 0.2) is 49.6 Å². The van der Waals surface area contributed by atoms with Crippen LogP contribution in [-0.2, 0) is 0 Å². The van der Waals surface area contributed by atoms with E-state index in [2.05, 4.69) is 18.5 Å². The van der Waals surface area contributed by atoms with Gasteiger partial charge in [-0.15, -0.1) is 13.2 Å². The normalized spacial score (nSPS) is 9.47. The van der Waals surface area contributed by atoms with Crippen molar-refractivity contribution in [1.82, 2.24) is 4.90 Å². The van der Waals surface area contributed by atoms with E-state index in [1.165, 1.54) is 0 Å². The van der Waals surface area contributed by atoms with Crippen LogP contribution in [-0.4, -0.2) is 24.0 Å². The second kappa shape index (κ2) is 6.53. The number of nitrogens with one attached hydrogen (secondary N) is 1. The molecule has 0 fully saturated rings. The summed E-state index contributed by atoms with van der Waals surface area (Å²) >= 11 is 0. The SMILES string of the molecule is C=CCN(CC=C)C(=O)Nc1cccc(C)c1. The third-order valence-corrected chi connectivity index (χ3v) is 2.26. The second-order valence-corrected chi connectivity index (χ2v) is 3.78. The second-order valence-electron chi connectivity index (χ2n) is 3.78. The molecular weight excluding hydrogens is 212 g/mol. The molecule has 1 aromatic carbocycles. The largest absolute Gasteiger partial charge is 0.322 e. The molecule has 2 amide bonds. The summed E-state index contributed by atoms with van der Waals surface area (Å²) in [4.78, 5) is 13.6. The van der Waals surface area contributed by atoms with Gasteiger partial charge in [-0.25, -0.2) is 4.79 Å². The molecule has 90 valence electrons. The van der Waals surface area contributed by atoms with Gasteiger partial charge in [-0.2, -0.15) is 0 Å². The average Bonchev–Trinajstić information content (AvgIpc) is 2.28. The van der Waals surface area contributed by atoms with Gasteiger partial charge in [0.25, 0.3) is 0 Å². The van der Waals surface area contributed by atoms with Crippen molar-refractivity contribution >= 4 is 11.7 Å². The predicted octanol–water partition coefficient (Wildman–Crippen LogP) is 3.20. The van der Waals surface area contributed by atoms with E-state index in [0.29, 0.717) is 13.1 Å². The summed E-state index contributed by atoms with van der Waals surface area (Å²) in [6.45, 7) is 10.3. The molecule has 0 atom stereocenters. The lowest BCUT2D eigenvalue weighted by Gasteiger charge is -2.19. The molecule has 1 rings (SSSR count). The van der Waals surface area contributed by atoms with Crippen molar-refractivity contribution in [1.29, 1.82) is 0 Å². The molecular formula is C14H18N2O. The van der Waals surface area contributed by atoms with Crippen LogP contribution in [0.4, 0.5) is 10.5 Å². The Morgan fingerprint density at radius 3 is 2.53 bits per heavy atom. The Morgan fingerprint density at radius 1 is 1.35 bits per heavy atom. The standard InChI is InChI=1S/C14H18N2O/c1-4-9-16(10-5-2)14(17)15-13-8-6-7-12(3)11-13/h4-8,11H,1-2,9-10H2,3H3,(H,15,17). The van der Waals surface area contributed by atoms with E-state index in [1.54, 1.807) is 17.1 Å².